The standard InChI is InChI=1S/C22H32N2O/c1-4-19(23)13-14-20-15-16-21(24(20)3)22(25)12-8-7-11-18-10-6-5-9-17(18)2/h5-6,9-10,15-16,19H,4,7-8,11-14,23H2,1-3H3. The summed E-state index contributed by atoms with van der Waals surface area (Å²) in [4.78, 5) is 12.5. The second-order valence-corrected chi connectivity index (χ2v) is 7.03. The van der Waals surface area contributed by atoms with Gasteiger partial charge in [0.15, 0.2) is 5.78 Å². The van der Waals surface area contributed by atoms with Gasteiger partial charge in [-0.25, -0.2) is 0 Å². The molecule has 1 atom stereocenters. The van der Waals surface area contributed by atoms with E-state index in [2.05, 4.69) is 44.2 Å². The molecule has 1 unspecified atom stereocenters. The van der Waals surface area contributed by atoms with E-state index in [1.54, 1.807) is 0 Å². The first-order valence-electron chi connectivity index (χ1n) is 9.50. The Labute approximate surface area is 152 Å². The Morgan fingerprint density at radius 3 is 2.60 bits per heavy atom. The van der Waals surface area contributed by atoms with Crippen LogP contribution in [-0.2, 0) is 19.9 Å². The summed E-state index contributed by atoms with van der Waals surface area (Å²) in [6.07, 6.45) is 6.57. The number of aromatic nitrogens is 1. The molecule has 1 heterocycles. The van der Waals surface area contributed by atoms with Crippen LogP contribution in [0.2, 0.25) is 0 Å². The molecule has 2 rings (SSSR count). The molecule has 3 nitrogen and oxygen atoms in total. The lowest BCUT2D eigenvalue weighted by Gasteiger charge is -2.10. The van der Waals surface area contributed by atoms with E-state index in [0.717, 1.165) is 44.2 Å². The average molecular weight is 341 g/mol. The van der Waals surface area contributed by atoms with E-state index in [1.807, 2.05) is 17.7 Å². The van der Waals surface area contributed by atoms with Crippen LogP contribution in [0.3, 0.4) is 0 Å². The molecule has 0 saturated heterocycles. The van der Waals surface area contributed by atoms with Crippen LogP contribution in [-0.4, -0.2) is 16.4 Å². The van der Waals surface area contributed by atoms with Gasteiger partial charge in [-0.1, -0.05) is 31.2 Å². The van der Waals surface area contributed by atoms with Crippen molar-refractivity contribution in [3.05, 3.63) is 58.9 Å². The van der Waals surface area contributed by atoms with Gasteiger partial charge in [0, 0.05) is 25.2 Å². The van der Waals surface area contributed by atoms with E-state index in [1.165, 1.54) is 16.8 Å². The van der Waals surface area contributed by atoms with Gasteiger partial charge in [-0.05, 0) is 68.7 Å². The summed E-state index contributed by atoms with van der Waals surface area (Å²) in [7, 11) is 1.99. The van der Waals surface area contributed by atoms with Gasteiger partial charge >= 0.3 is 0 Å². The van der Waals surface area contributed by atoms with Gasteiger partial charge in [0.25, 0.3) is 0 Å². The number of rotatable bonds is 10. The van der Waals surface area contributed by atoms with E-state index < -0.39 is 0 Å². The Bertz CT molecular complexity index is 687. The summed E-state index contributed by atoms with van der Waals surface area (Å²) in [5, 5.41) is 0. The van der Waals surface area contributed by atoms with Crippen LogP contribution in [0.25, 0.3) is 0 Å². The van der Waals surface area contributed by atoms with Gasteiger partial charge in [-0.15, -0.1) is 0 Å². The Morgan fingerprint density at radius 2 is 1.88 bits per heavy atom. The van der Waals surface area contributed by atoms with Crippen molar-refractivity contribution < 1.29 is 4.79 Å². The number of unbranched alkanes of at least 4 members (excludes halogenated alkanes) is 1. The molecule has 136 valence electrons. The Kier molecular flexibility index (Phi) is 7.45. The minimum Gasteiger partial charge on any atom is -0.345 e. The summed E-state index contributed by atoms with van der Waals surface area (Å²) in [5.41, 5.74) is 10.8. The van der Waals surface area contributed by atoms with Crippen molar-refractivity contribution in [1.82, 2.24) is 4.57 Å². The largest absolute Gasteiger partial charge is 0.345 e. The molecule has 0 aliphatic heterocycles. The average Bonchev–Trinajstić information content (AvgIpc) is 2.98. The van der Waals surface area contributed by atoms with Crippen molar-refractivity contribution in [1.29, 1.82) is 0 Å². The molecule has 0 saturated carbocycles. The number of aryl methyl sites for hydroxylation is 3. The number of nitrogens with zero attached hydrogens (tertiary/aromatic N) is 1. The third-order valence-corrected chi connectivity index (χ3v) is 5.17. The van der Waals surface area contributed by atoms with Crippen molar-refractivity contribution in [2.75, 3.05) is 0 Å². The lowest BCUT2D eigenvalue weighted by molar-refractivity contribution is 0.0971. The Morgan fingerprint density at radius 1 is 1.12 bits per heavy atom. The van der Waals surface area contributed by atoms with E-state index in [4.69, 9.17) is 5.73 Å². The zero-order valence-electron chi connectivity index (χ0n) is 15.9. The Hall–Kier alpha value is -1.87. The van der Waals surface area contributed by atoms with Crippen LogP contribution in [0.5, 0.6) is 0 Å². The summed E-state index contributed by atoms with van der Waals surface area (Å²) >= 11 is 0. The molecule has 0 bridgehead atoms. The van der Waals surface area contributed by atoms with Gasteiger partial charge in [0.1, 0.15) is 0 Å². The van der Waals surface area contributed by atoms with Crippen LogP contribution in [0, 0.1) is 6.92 Å². The molecule has 1 aromatic carbocycles. The molecule has 25 heavy (non-hydrogen) atoms. The zero-order valence-corrected chi connectivity index (χ0v) is 15.9. The highest BCUT2D eigenvalue weighted by Gasteiger charge is 2.13. The fourth-order valence-electron chi connectivity index (χ4n) is 3.24. The summed E-state index contributed by atoms with van der Waals surface area (Å²) < 4.78 is 2.05. The maximum atomic E-state index is 12.5. The number of hydrogen-bond acceptors (Lipinski definition) is 2. The molecular weight excluding hydrogens is 308 g/mol. The predicted molar refractivity (Wildman–Crippen MR) is 105 cm³/mol. The van der Waals surface area contributed by atoms with Crippen LogP contribution in [0.15, 0.2) is 36.4 Å². The first-order valence-corrected chi connectivity index (χ1v) is 9.50. The normalized spacial score (nSPS) is 12.3. The molecule has 1 aromatic heterocycles. The maximum Gasteiger partial charge on any atom is 0.179 e. The highest BCUT2D eigenvalue weighted by Crippen LogP contribution is 2.16. The number of hydrogen-bond donors (Lipinski definition) is 1. The smallest absolute Gasteiger partial charge is 0.179 e. The highest BCUT2D eigenvalue weighted by atomic mass is 16.1. The zero-order chi connectivity index (χ0) is 18.2. The van der Waals surface area contributed by atoms with Gasteiger partial charge in [0.2, 0.25) is 0 Å². The van der Waals surface area contributed by atoms with Crippen molar-refractivity contribution in [3.63, 3.8) is 0 Å². The van der Waals surface area contributed by atoms with Crippen LogP contribution in [0.4, 0.5) is 0 Å². The third-order valence-electron chi connectivity index (χ3n) is 5.17. The van der Waals surface area contributed by atoms with Crippen molar-refractivity contribution >= 4 is 5.78 Å². The lowest BCUT2D eigenvalue weighted by Crippen LogP contribution is -2.19. The Balaban J connectivity index is 1.81. The highest BCUT2D eigenvalue weighted by molar-refractivity contribution is 5.94. The molecule has 0 radical (unpaired) electrons. The number of carbonyl (C=O) groups is 1. The third kappa shape index (κ3) is 5.57. The molecule has 0 aliphatic carbocycles. The molecule has 0 fully saturated rings. The van der Waals surface area contributed by atoms with Crippen LogP contribution >= 0.6 is 0 Å². The summed E-state index contributed by atoms with van der Waals surface area (Å²) in [5.74, 6) is 0.248. The number of Topliss-reactive ketones (excluding diaryl/α,β-unsaturated/α-hetero) is 1. The summed E-state index contributed by atoms with van der Waals surface area (Å²) in [6.45, 7) is 4.26. The van der Waals surface area contributed by atoms with Crippen molar-refractivity contribution in [3.8, 4) is 0 Å². The second-order valence-electron chi connectivity index (χ2n) is 7.03. The van der Waals surface area contributed by atoms with Gasteiger partial charge < -0.3 is 10.3 Å². The molecule has 0 spiro atoms. The predicted octanol–water partition coefficient (Wildman–Crippen LogP) is 4.60. The van der Waals surface area contributed by atoms with Gasteiger partial charge in [-0.2, -0.15) is 0 Å². The molecule has 2 N–H and O–H groups in total. The number of carbonyl (C=O) groups excluding carboxylic acids is 1. The number of benzene rings is 1. The van der Waals surface area contributed by atoms with E-state index in [-0.39, 0.29) is 11.8 Å². The topological polar surface area (TPSA) is 48.0 Å². The lowest BCUT2D eigenvalue weighted by atomic mass is 10.0. The molecule has 0 aliphatic rings. The van der Waals surface area contributed by atoms with E-state index in [9.17, 15) is 4.79 Å². The SMILES string of the molecule is CCC(N)CCc1ccc(C(=O)CCCCc2ccccc2C)n1C. The van der Waals surface area contributed by atoms with E-state index >= 15 is 0 Å². The van der Waals surface area contributed by atoms with Crippen LogP contribution in [0.1, 0.15) is 66.3 Å². The molecular formula is C22H32N2O. The fourth-order valence-corrected chi connectivity index (χ4v) is 3.24. The second kappa shape index (κ2) is 9.57. The van der Waals surface area contributed by atoms with Gasteiger partial charge in [-0.3, -0.25) is 4.79 Å². The van der Waals surface area contributed by atoms with Crippen molar-refractivity contribution in [2.45, 2.75) is 64.8 Å². The fraction of sp³-hybridized carbons (Fsp3) is 0.500. The van der Waals surface area contributed by atoms with Crippen LogP contribution < -0.4 is 5.73 Å². The number of nitrogens with two attached hydrogens (primary N) is 1. The first kappa shape index (κ1) is 19.5. The van der Waals surface area contributed by atoms with Gasteiger partial charge in [0.05, 0.1) is 5.69 Å². The molecule has 0 amide bonds. The quantitative estimate of drug-likeness (QED) is 0.507. The molecule has 3 heteroatoms. The monoisotopic (exact) mass is 340 g/mol. The summed E-state index contributed by atoms with van der Waals surface area (Å²) in [6, 6.07) is 12.8. The first-order chi connectivity index (χ1) is 12.0. The maximum absolute atomic E-state index is 12.5. The number of ketones is 1. The minimum absolute atomic E-state index is 0.246. The van der Waals surface area contributed by atoms with Crippen molar-refractivity contribution in [2.24, 2.45) is 12.8 Å². The minimum atomic E-state index is 0.246. The molecule has 2 aromatic rings. The van der Waals surface area contributed by atoms with E-state index in [0.29, 0.717) is 6.42 Å².